The Morgan fingerprint density at radius 2 is 2.25 bits per heavy atom. The van der Waals surface area contributed by atoms with Gasteiger partial charge in [-0.2, -0.15) is 0 Å². The maximum absolute atomic E-state index is 9.50. The molecule has 6 nitrogen and oxygen atoms in total. The van der Waals surface area contributed by atoms with Crippen LogP contribution in [0.15, 0.2) is 23.7 Å². The van der Waals surface area contributed by atoms with Crippen LogP contribution in [0.5, 0.6) is 0 Å². The summed E-state index contributed by atoms with van der Waals surface area (Å²) in [5.74, 6) is 1.62. The summed E-state index contributed by atoms with van der Waals surface area (Å²) in [5, 5.41) is 12.9. The average Bonchev–Trinajstić information content (AvgIpc) is 3.15. The van der Waals surface area contributed by atoms with Gasteiger partial charge in [-0.1, -0.05) is 6.92 Å². The fraction of sp³-hybridized carbons (Fsp3) is 0.765. The molecule has 2 unspecified atom stereocenters. The molecule has 3 rings (SSSR count). The van der Waals surface area contributed by atoms with Gasteiger partial charge in [0, 0.05) is 37.4 Å². The first kappa shape index (κ1) is 19.5. The van der Waals surface area contributed by atoms with E-state index in [2.05, 4.69) is 39.8 Å². The highest BCUT2D eigenvalue weighted by atomic mass is 127. The summed E-state index contributed by atoms with van der Waals surface area (Å²) in [7, 11) is 0. The van der Waals surface area contributed by atoms with Gasteiger partial charge in [0.15, 0.2) is 5.96 Å². The van der Waals surface area contributed by atoms with Crippen LogP contribution in [0.2, 0.25) is 0 Å². The second kappa shape index (κ2) is 8.51. The van der Waals surface area contributed by atoms with Gasteiger partial charge in [0.05, 0.1) is 25.5 Å². The standard InChI is InChI=1S/C17H29N5O.HI/c1-3-19-16(20-11-17(12-23)5-6-17)21-8-4-14(2)15(10-21)22-9-7-18-13-22;/h7,9,13-15,23H,3-6,8,10-12H2,1-2H3,(H,19,20);1H. The number of nitrogens with zero attached hydrogens (tertiary/aromatic N) is 4. The Balaban J connectivity index is 0.00000208. The number of aliphatic imine (C=N–C) groups is 1. The van der Waals surface area contributed by atoms with Crippen molar-refractivity contribution in [3.63, 3.8) is 0 Å². The molecule has 1 aromatic heterocycles. The third kappa shape index (κ3) is 4.41. The lowest BCUT2D eigenvalue weighted by atomic mass is 9.93. The Morgan fingerprint density at radius 3 is 2.83 bits per heavy atom. The minimum atomic E-state index is 0. The van der Waals surface area contributed by atoms with Gasteiger partial charge in [-0.15, -0.1) is 24.0 Å². The minimum Gasteiger partial charge on any atom is -0.396 e. The Kier molecular flexibility index (Phi) is 6.91. The zero-order valence-corrected chi connectivity index (χ0v) is 17.0. The number of imidazole rings is 1. The number of halogens is 1. The van der Waals surface area contributed by atoms with Crippen LogP contribution in [0.4, 0.5) is 0 Å². The number of aliphatic hydroxyl groups excluding tert-OH is 1. The van der Waals surface area contributed by atoms with Crippen molar-refractivity contribution in [2.45, 2.75) is 39.2 Å². The van der Waals surface area contributed by atoms with E-state index in [1.807, 2.05) is 12.5 Å². The molecule has 2 heterocycles. The molecule has 0 radical (unpaired) electrons. The highest BCUT2D eigenvalue weighted by Crippen LogP contribution is 2.45. The normalized spacial score (nSPS) is 26.0. The summed E-state index contributed by atoms with van der Waals surface area (Å²) in [6.45, 7) is 8.26. The molecule has 2 aliphatic rings. The van der Waals surface area contributed by atoms with Gasteiger partial charge in [-0.25, -0.2) is 4.98 Å². The molecule has 2 atom stereocenters. The Hall–Kier alpha value is -0.830. The summed E-state index contributed by atoms with van der Waals surface area (Å²) in [6, 6.07) is 0.433. The molecular formula is C17H30IN5O. The first-order valence-electron chi connectivity index (χ1n) is 8.79. The second-order valence-corrected chi connectivity index (χ2v) is 7.12. The first-order valence-corrected chi connectivity index (χ1v) is 8.79. The molecule has 24 heavy (non-hydrogen) atoms. The molecule has 1 saturated carbocycles. The smallest absolute Gasteiger partial charge is 0.194 e. The molecule has 0 amide bonds. The number of piperidine rings is 1. The number of likely N-dealkylation sites (tertiary alicyclic amines) is 1. The summed E-state index contributed by atoms with van der Waals surface area (Å²) in [5.41, 5.74) is 0.0630. The van der Waals surface area contributed by atoms with E-state index >= 15 is 0 Å². The number of guanidine groups is 1. The lowest BCUT2D eigenvalue weighted by Crippen LogP contribution is -2.49. The molecule has 2 N–H and O–H groups in total. The second-order valence-electron chi connectivity index (χ2n) is 7.12. The predicted molar refractivity (Wildman–Crippen MR) is 107 cm³/mol. The summed E-state index contributed by atoms with van der Waals surface area (Å²) in [4.78, 5) is 11.4. The molecule has 0 aromatic carbocycles. The molecule has 1 aromatic rings. The van der Waals surface area contributed by atoms with Gasteiger partial charge in [-0.05, 0) is 32.1 Å². The molecule has 0 bridgehead atoms. The molecule has 0 spiro atoms. The lowest BCUT2D eigenvalue weighted by Gasteiger charge is -2.39. The number of hydrogen-bond donors (Lipinski definition) is 2. The van der Waals surface area contributed by atoms with E-state index in [0.29, 0.717) is 12.0 Å². The fourth-order valence-corrected chi connectivity index (χ4v) is 3.31. The number of rotatable bonds is 5. The van der Waals surface area contributed by atoms with E-state index in [-0.39, 0.29) is 36.0 Å². The highest BCUT2D eigenvalue weighted by Gasteiger charge is 2.42. The molecule has 7 heteroatoms. The number of aromatic nitrogens is 2. The monoisotopic (exact) mass is 447 g/mol. The van der Waals surface area contributed by atoms with Gasteiger partial charge >= 0.3 is 0 Å². The van der Waals surface area contributed by atoms with Crippen LogP contribution in [0, 0.1) is 11.3 Å². The van der Waals surface area contributed by atoms with Gasteiger partial charge in [-0.3, -0.25) is 4.99 Å². The van der Waals surface area contributed by atoms with Crippen molar-refractivity contribution in [1.82, 2.24) is 19.8 Å². The zero-order chi connectivity index (χ0) is 16.3. The van der Waals surface area contributed by atoms with Gasteiger partial charge < -0.3 is 19.9 Å². The maximum Gasteiger partial charge on any atom is 0.194 e. The van der Waals surface area contributed by atoms with Crippen molar-refractivity contribution in [2.75, 3.05) is 32.8 Å². The SMILES string of the molecule is CCNC(=NCC1(CO)CC1)N1CCC(C)C(n2ccnc2)C1.I. The van der Waals surface area contributed by atoms with E-state index in [4.69, 9.17) is 4.99 Å². The zero-order valence-electron chi connectivity index (χ0n) is 14.7. The molecule has 1 aliphatic carbocycles. The average molecular weight is 447 g/mol. The quantitative estimate of drug-likeness (QED) is 0.413. The summed E-state index contributed by atoms with van der Waals surface area (Å²) >= 11 is 0. The topological polar surface area (TPSA) is 65.7 Å². The molecule has 136 valence electrons. The predicted octanol–water partition coefficient (Wildman–Crippen LogP) is 2.12. The van der Waals surface area contributed by atoms with Crippen LogP contribution in [0.3, 0.4) is 0 Å². The largest absolute Gasteiger partial charge is 0.396 e. The summed E-state index contributed by atoms with van der Waals surface area (Å²) < 4.78 is 2.22. The van der Waals surface area contributed by atoms with Crippen LogP contribution in [-0.4, -0.2) is 58.3 Å². The van der Waals surface area contributed by atoms with Crippen molar-refractivity contribution in [3.8, 4) is 0 Å². The Labute approximate surface area is 161 Å². The van der Waals surface area contributed by atoms with Gasteiger partial charge in [0.2, 0.25) is 0 Å². The van der Waals surface area contributed by atoms with E-state index in [1.165, 1.54) is 0 Å². The Morgan fingerprint density at radius 1 is 1.46 bits per heavy atom. The van der Waals surface area contributed by atoms with Crippen molar-refractivity contribution in [3.05, 3.63) is 18.7 Å². The van der Waals surface area contributed by atoms with Crippen LogP contribution >= 0.6 is 24.0 Å². The summed E-state index contributed by atoms with van der Waals surface area (Å²) in [6.07, 6.45) is 9.17. The van der Waals surface area contributed by atoms with Crippen molar-refractivity contribution in [1.29, 1.82) is 0 Å². The third-order valence-electron chi connectivity index (χ3n) is 5.32. The maximum atomic E-state index is 9.50. The molecule has 1 aliphatic heterocycles. The fourth-order valence-electron chi connectivity index (χ4n) is 3.31. The van der Waals surface area contributed by atoms with Crippen LogP contribution in [-0.2, 0) is 0 Å². The van der Waals surface area contributed by atoms with Gasteiger partial charge in [0.25, 0.3) is 0 Å². The minimum absolute atomic E-state index is 0. The van der Waals surface area contributed by atoms with E-state index in [9.17, 15) is 5.11 Å². The van der Waals surface area contributed by atoms with Crippen LogP contribution < -0.4 is 5.32 Å². The van der Waals surface area contributed by atoms with E-state index < -0.39 is 0 Å². The van der Waals surface area contributed by atoms with Crippen LogP contribution in [0.1, 0.15) is 39.2 Å². The number of nitrogens with one attached hydrogen (secondary N) is 1. The third-order valence-corrected chi connectivity index (χ3v) is 5.32. The van der Waals surface area contributed by atoms with Crippen molar-refractivity contribution >= 4 is 29.9 Å². The van der Waals surface area contributed by atoms with E-state index in [0.717, 1.165) is 51.4 Å². The highest BCUT2D eigenvalue weighted by molar-refractivity contribution is 14.0. The molecule has 2 fully saturated rings. The van der Waals surface area contributed by atoms with Crippen LogP contribution in [0.25, 0.3) is 0 Å². The number of hydrogen-bond acceptors (Lipinski definition) is 3. The first-order chi connectivity index (χ1) is 11.2. The molecular weight excluding hydrogens is 417 g/mol. The van der Waals surface area contributed by atoms with Crippen molar-refractivity contribution in [2.24, 2.45) is 16.3 Å². The van der Waals surface area contributed by atoms with E-state index in [1.54, 1.807) is 0 Å². The molecule has 1 saturated heterocycles. The van der Waals surface area contributed by atoms with Crippen molar-refractivity contribution < 1.29 is 5.11 Å². The Bertz CT molecular complexity index is 529. The number of aliphatic hydroxyl groups is 1. The van der Waals surface area contributed by atoms with Gasteiger partial charge in [0.1, 0.15) is 0 Å². The lowest BCUT2D eigenvalue weighted by molar-refractivity contribution is 0.187.